The number of hydrogen-bond acceptors (Lipinski definition) is 6. The van der Waals surface area contributed by atoms with Gasteiger partial charge >= 0.3 is 11.9 Å². The van der Waals surface area contributed by atoms with Crippen molar-refractivity contribution in [1.82, 2.24) is 9.80 Å². The molecule has 0 aromatic heterocycles. The Balaban J connectivity index is 2.02. The van der Waals surface area contributed by atoms with Crippen molar-refractivity contribution in [2.75, 3.05) is 26.7 Å². The Kier molecular flexibility index (Phi) is 8.40. The Morgan fingerprint density at radius 3 is 2.08 bits per heavy atom. The smallest absolute Gasteiger partial charge is 0.334 e. The number of carboxylic acid groups (broad SMARTS) is 2. The normalized spacial score (nSPS) is 15.4. The molecule has 0 aliphatic carbocycles. The van der Waals surface area contributed by atoms with Gasteiger partial charge in [0.05, 0.1) is 21.5 Å². The van der Waals surface area contributed by atoms with E-state index in [9.17, 15) is 29.9 Å². The third-order valence-electron chi connectivity index (χ3n) is 7.01. The van der Waals surface area contributed by atoms with Crippen LogP contribution in [0.3, 0.4) is 0 Å². The number of nitro groups is 1. The van der Waals surface area contributed by atoms with Crippen LogP contribution >= 0.6 is 11.6 Å². The summed E-state index contributed by atoms with van der Waals surface area (Å²) in [6.07, 6.45) is 0.838. The lowest BCUT2D eigenvalue weighted by atomic mass is 9.66. The number of nitro benzene ring substituents is 1. The first-order chi connectivity index (χ1) is 17.4. The molecule has 0 unspecified atom stereocenters. The molecule has 9 nitrogen and oxygen atoms in total. The van der Waals surface area contributed by atoms with Crippen LogP contribution in [0.4, 0.5) is 5.69 Å². The van der Waals surface area contributed by atoms with E-state index >= 15 is 0 Å². The summed E-state index contributed by atoms with van der Waals surface area (Å²) in [5.41, 5.74) is -0.567. The SMILES string of the molecule is CC1=C(C(=O)O)C(C)(c2cccc([N+](=O)[O-])c2Cl)C(C(=O)O)=C(C)N1CCN(C)CCc1ccccc1. The van der Waals surface area contributed by atoms with Crippen LogP contribution in [0.5, 0.6) is 0 Å². The molecule has 0 saturated carbocycles. The van der Waals surface area contributed by atoms with Crippen molar-refractivity contribution in [3.05, 3.63) is 97.3 Å². The summed E-state index contributed by atoms with van der Waals surface area (Å²) in [4.78, 5) is 39.9. The lowest BCUT2D eigenvalue weighted by Crippen LogP contribution is -2.45. The molecular formula is C27H30ClN3O6. The van der Waals surface area contributed by atoms with E-state index < -0.39 is 28.0 Å². The molecule has 0 spiro atoms. The van der Waals surface area contributed by atoms with Gasteiger partial charge < -0.3 is 20.0 Å². The number of allylic oxidation sites excluding steroid dienone is 2. The van der Waals surface area contributed by atoms with Gasteiger partial charge in [-0.2, -0.15) is 0 Å². The topological polar surface area (TPSA) is 124 Å². The van der Waals surface area contributed by atoms with Crippen LogP contribution in [-0.4, -0.2) is 63.6 Å². The van der Waals surface area contributed by atoms with Crippen molar-refractivity contribution >= 4 is 29.2 Å². The quantitative estimate of drug-likeness (QED) is 0.336. The highest BCUT2D eigenvalue weighted by Gasteiger charge is 2.50. The summed E-state index contributed by atoms with van der Waals surface area (Å²) in [6, 6.07) is 14.0. The van der Waals surface area contributed by atoms with Crippen molar-refractivity contribution < 1.29 is 24.7 Å². The molecule has 0 radical (unpaired) electrons. The number of likely N-dealkylation sites (N-methyl/N-ethyl adjacent to an activating group) is 1. The fourth-order valence-electron chi connectivity index (χ4n) is 5.11. The van der Waals surface area contributed by atoms with Crippen LogP contribution in [0.2, 0.25) is 5.02 Å². The Morgan fingerprint density at radius 2 is 1.57 bits per heavy atom. The number of hydrogen-bond donors (Lipinski definition) is 2. The number of aliphatic carboxylic acids is 2. The minimum Gasteiger partial charge on any atom is -0.478 e. The van der Waals surface area contributed by atoms with Gasteiger partial charge in [0.1, 0.15) is 5.02 Å². The molecule has 0 amide bonds. The second-order valence-corrected chi connectivity index (χ2v) is 9.62. The highest BCUT2D eigenvalue weighted by Crippen LogP contribution is 2.50. The number of nitrogens with zero attached hydrogens (tertiary/aromatic N) is 3. The number of halogens is 1. The molecule has 196 valence electrons. The zero-order valence-electron chi connectivity index (χ0n) is 21.2. The van der Waals surface area contributed by atoms with Gasteiger partial charge in [-0.05, 0) is 45.4 Å². The van der Waals surface area contributed by atoms with E-state index in [1.807, 2.05) is 25.2 Å². The van der Waals surface area contributed by atoms with Crippen LogP contribution < -0.4 is 0 Å². The lowest BCUT2D eigenvalue weighted by Gasteiger charge is -2.43. The van der Waals surface area contributed by atoms with E-state index in [2.05, 4.69) is 17.0 Å². The van der Waals surface area contributed by atoms with Crippen molar-refractivity contribution in [1.29, 1.82) is 0 Å². The van der Waals surface area contributed by atoms with E-state index in [4.69, 9.17) is 11.6 Å². The first-order valence-electron chi connectivity index (χ1n) is 11.7. The molecule has 1 heterocycles. The molecule has 1 aliphatic heterocycles. The minimum absolute atomic E-state index is 0.0523. The summed E-state index contributed by atoms with van der Waals surface area (Å²) >= 11 is 6.39. The maximum absolute atomic E-state index is 12.6. The van der Waals surface area contributed by atoms with Crippen LogP contribution in [0.15, 0.2) is 71.1 Å². The third kappa shape index (κ3) is 5.38. The molecular weight excluding hydrogens is 498 g/mol. The van der Waals surface area contributed by atoms with E-state index in [1.165, 1.54) is 30.7 Å². The van der Waals surface area contributed by atoms with Crippen LogP contribution in [0.1, 0.15) is 31.9 Å². The van der Waals surface area contributed by atoms with Gasteiger partial charge in [-0.1, -0.05) is 54.1 Å². The monoisotopic (exact) mass is 527 g/mol. The Bertz CT molecular complexity index is 1250. The zero-order chi connectivity index (χ0) is 27.5. The molecule has 0 saturated heterocycles. The maximum Gasteiger partial charge on any atom is 0.334 e. The first-order valence-corrected chi connectivity index (χ1v) is 12.1. The molecule has 2 aromatic carbocycles. The predicted molar refractivity (Wildman–Crippen MR) is 140 cm³/mol. The van der Waals surface area contributed by atoms with Crippen molar-refractivity contribution in [2.45, 2.75) is 32.6 Å². The standard InChI is InChI=1S/C27H30ClN3O6/c1-17-22(25(32)33)27(3,20-11-8-12-21(24(20)28)31(36)37)23(26(34)35)18(2)30(17)16-15-29(4)14-13-19-9-6-5-7-10-19/h5-12H,13-16H2,1-4H3,(H,32,33)(H,34,35). The van der Waals surface area contributed by atoms with E-state index in [0.29, 0.717) is 24.5 Å². The summed E-state index contributed by atoms with van der Waals surface area (Å²) in [5, 5.41) is 31.8. The summed E-state index contributed by atoms with van der Waals surface area (Å²) < 4.78 is 0. The molecule has 10 heteroatoms. The first kappa shape index (κ1) is 27.9. The molecule has 37 heavy (non-hydrogen) atoms. The molecule has 2 aromatic rings. The van der Waals surface area contributed by atoms with Gasteiger partial charge in [-0.15, -0.1) is 0 Å². The van der Waals surface area contributed by atoms with Crippen molar-refractivity contribution in [2.24, 2.45) is 0 Å². The summed E-state index contributed by atoms with van der Waals surface area (Å²) in [7, 11) is 1.95. The highest BCUT2D eigenvalue weighted by molar-refractivity contribution is 6.33. The predicted octanol–water partition coefficient (Wildman–Crippen LogP) is 4.71. The molecule has 0 bridgehead atoms. The van der Waals surface area contributed by atoms with Crippen LogP contribution in [0, 0.1) is 10.1 Å². The number of benzene rings is 2. The maximum atomic E-state index is 12.6. The summed E-state index contributed by atoms with van der Waals surface area (Å²) in [6.45, 7) is 6.37. The second kappa shape index (κ2) is 11.1. The van der Waals surface area contributed by atoms with Crippen molar-refractivity contribution in [3.8, 4) is 0 Å². The number of carbonyl (C=O) groups is 2. The van der Waals surface area contributed by atoms with Crippen molar-refractivity contribution in [3.63, 3.8) is 0 Å². The average molecular weight is 528 g/mol. The molecule has 0 fully saturated rings. The molecule has 2 N–H and O–H groups in total. The second-order valence-electron chi connectivity index (χ2n) is 9.24. The molecule has 3 rings (SSSR count). The fraction of sp³-hybridized carbons (Fsp3) is 0.333. The Hall–Kier alpha value is -3.69. The fourth-order valence-corrected chi connectivity index (χ4v) is 5.49. The molecule has 1 aliphatic rings. The van der Waals surface area contributed by atoms with E-state index in [0.717, 1.165) is 13.0 Å². The molecule has 0 atom stereocenters. The largest absolute Gasteiger partial charge is 0.478 e. The van der Waals surface area contributed by atoms with Crippen LogP contribution in [0.25, 0.3) is 0 Å². The number of rotatable bonds is 10. The summed E-state index contributed by atoms with van der Waals surface area (Å²) in [5.74, 6) is -2.65. The average Bonchev–Trinajstić information content (AvgIpc) is 2.82. The highest BCUT2D eigenvalue weighted by atomic mass is 35.5. The van der Waals surface area contributed by atoms with Gasteiger partial charge in [0.25, 0.3) is 5.69 Å². The minimum atomic E-state index is -1.73. The van der Waals surface area contributed by atoms with E-state index in [1.54, 1.807) is 18.7 Å². The number of carboxylic acids is 2. The zero-order valence-corrected chi connectivity index (χ0v) is 22.0. The van der Waals surface area contributed by atoms with Gasteiger partial charge in [-0.3, -0.25) is 10.1 Å². The van der Waals surface area contributed by atoms with Gasteiger partial charge in [0.15, 0.2) is 0 Å². The lowest BCUT2D eigenvalue weighted by molar-refractivity contribution is -0.384. The van der Waals surface area contributed by atoms with Gasteiger partial charge in [0, 0.05) is 37.1 Å². The Morgan fingerprint density at radius 1 is 1.00 bits per heavy atom. The third-order valence-corrected chi connectivity index (χ3v) is 7.40. The van der Waals surface area contributed by atoms with Crippen LogP contribution in [-0.2, 0) is 21.4 Å². The Labute approximate surface area is 220 Å². The van der Waals surface area contributed by atoms with Gasteiger partial charge in [0.2, 0.25) is 0 Å². The van der Waals surface area contributed by atoms with E-state index in [-0.39, 0.29) is 21.7 Å². The van der Waals surface area contributed by atoms with Gasteiger partial charge in [-0.25, -0.2) is 9.59 Å².